The van der Waals surface area contributed by atoms with E-state index < -0.39 is 0 Å². The second-order valence-electron chi connectivity index (χ2n) is 2.77. The predicted molar refractivity (Wildman–Crippen MR) is 56.8 cm³/mol. The van der Waals surface area contributed by atoms with E-state index in [4.69, 9.17) is 4.74 Å². The van der Waals surface area contributed by atoms with Gasteiger partial charge in [-0.3, -0.25) is 0 Å². The zero-order valence-electron chi connectivity index (χ0n) is 8.26. The Hall–Kier alpha value is -1.03. The van der Waals surface area contributed by atoms with Gasteiger partial charge >= 0.3 is 5.97 Å². The van der Waals surface area contributed by atoms with Gasteiger partial charge in [-0.15, -0.1) is 0 Å². The Labute approximate surface area is 91.1 Å². The molecule has 3 nitrogen and oxygen atoms in total. The van der Waals surface area contributed by atoms with Crippen LogP contribution in [0, 0.1) is 6.92 Å². The van der Waals surface area contributed by atoms with Crippen molar-refractivity contribution in [3.8, 4) is 5.75 Å². The molecule has 4 heteroatoms. The number of carbonyl (C=O) groups is 1. The number of benzene rings is 1. The number of halogens is 1. The van der Waals surface area contributed by atoms with Gasteiger partial charge in [0.1, 0.15) is 5.75 Å². The van der Waals surface area contributed by atoms with Gasteiger partial charge in [0.25, 0.3) is 0 Å². The van der Waals surface area contributed by atoms with Crippen molar-refractivity contribution in [1.29, 1.82) is 0 Å². The summed E-state index contributed by atoms with van der Waals surface area (Å²) in [5, 5.41) is 0. The fourth-order valence-electron chi connectivity index (χ4n) is 1.19. The Morgan fingerprint density at radius 2 is 2.00 bits per heavy atom. The molecule has 0 aliphatic carbocycles. The van der Waals surface area contributed by atoms with E-state index in [1.165, 1.54) is 7.11 Å². The highest BCUT2D eigenvalue weighted by molar-refractivity contribution is 9.10. The molecular weight excluding hydrogens is 248 g/mol. The lowest BCUT2D eigenvalue weighted by molar-refractivity contribution is 0.0599. The maximum Gasteiger partial charge on any atom is 0.338 e. The summed E-state index contributed by atoms with van der Waals surface area (Å²) in [6, 6.07) is 3.52. The first kappa shape index (κ1) is 11.0. The van der Waals surface area contributed by atoms with Gasteiger partial charge in [-0.2, -0.15) is 0 Å². The van der Waals surface area contributed by atoms with Crippen LogP contribution in [-0.4, -0.2) is 20.2 Å². The number of carbonyl (C=O) groups excluding carboxylic acids is 1. The summed E-state index contributed by atoms with van der Waals surface area (Å²) in [5.74, 6) is 0.307. The van der Waals surface area contributed by atoms with E-state index in [1.54, 1.807) is 13.2 Å². The normalized spacial score (nSPS) is 9.71. The lowest BCUT2D eigenvalue weighted by atomic mass is 10.1. The standard InChI is InChI=1S/C10H11BrO3/c1-6-8(10(12)14-3)4-7(11)5-9(6)13-2/h4-5H,1-3H3. The molecule has 0 bridgehead atoms. The Balaban J connectivity index is 3.29. The van der Waals surface area contributed by atoms with Gasteiger partial charge in [0.2, 0.25) is 0 Å². The molecule has 0 aliphatic heterocycles. The molecule has 0 amide bonds. The second-order valence-corrected chi connectivity index (χ2v) is 3.69. The molecule has 1 aromatic carbocycles. The minimum Gasteiger partial charge on any atom is -0.496 e. The van der Waals surface area contributed by atoms with Crippen molar-refractivity contribution in [2.75, 3.05) is 14.2 Å². The third kappa shape index (κ3) is 2.07. The SMILES string of the molecule is COC(=O)c1cc(Br)cc(OC)c1C. The highest BCUT2D eigenvalue weighted by Gasteiger charge is 2.13. The number of hydrogen-bond acceptors (Lipinski definition) is 3. The van der Waals surface area contributed by atoms with Crippen LogP contribution in [0.2, 0.25) is 0 Å². The monoisotopic (exact) mass is 258 g/mol. The van der Waals surface area contributed by atoms with E-state index in [0.717, 1.165) is 10.0 Å². The summed E-state index contributed by atoms with van der Waals surface area (Å²) in [6.45, 7) is 1.82. The van der Waals surface area contributed by atoms with Crippen molar-refractivity contribution in [3.05, 3.63) is 27.7 Å². The van der Waals surface area contributed by atoms with E-state index in [9.17, 15) is 4.79 Å². The van der Waals surface area contributed by atoms with Crippen molar-refractivity contribution >= 4 is 21.9 Å². The molecule has 76 valence electrons. The van der Waals surface area contributed by atoms with Crippen molar-refractivity contribution in [3.63, 3.8) is 0 Å². The lowest BCUT2D eigenvalue weighted by Crippen LogP contribution is -2.05. The molecule has 0 aliphatic rings. The minimum atomic E-state index is -0.359. The molecule has 1 aromatic rings. The van der Waals surface area contributed by atoms with E-state index >= 15 is 0 Å². The summed E-state index contributed by atoms with van der Waals surface area (Å²) >= 11 is 3.30. The fourth-order valence-corrected chi connectivity index (χ4v) is 1.62. The molecule has 0 fully saturated rings. The maximum atomic E-state index is 11.4. The quantitative estimate of drug-likeness (QED) is 0.765. The van der Waals surface area contributed by atoms with Crippen LogP contribution in [0.15, 0.2) is 16.6 Å². The van der Waals surface area contributed by atoms with E-state index in [1.807, 2.05) is 13.0 Å². The lowest BCUT2D eigenvalue weighted by Gasteiger charge is -2.09. The third-order valence-electron chi connectivity index (χ3n) is 1.95. The minimum absolute atomic E-state index is 0.359. The largest absolute Gasteiger partial charge is 0.496 e. The number of methoxy groups -OCH3 is 2. The number of esters is 1. The summed E-state index contributed by atoms with van der Waals surface area (Å²) in [4.78, 5) is 11.4. The Morgan fingerprint density at radius 1 is 1.36 bits per heavy atom. The average Bonchev–Trinajstić information content (AvgIpc) is 2.19. The molecular formula is C10H11BrO3. The van der Waals surface area contributed by atoms with Crippen LogP contribution >= 0.6 is 15.9 Å². The zero-order valence-corrected chi connectivity index (χ0v) is 9.84. The third-order valence-corrected chi connectivity index (χ3v) is 2.41. The van der Waals surface area contributed by atoms with Crippen LogP contribution in [0.25, 0.3) is 0 Å². The zero-order chi connectivity index (χ0) is 10.7. The van der Waals surface area contributed by atoms with Crippen molar-refractivity contribution < 1.29 is 14.3 Å². The van der Waals surface area contributed by atoms with E-state index in [-0.39, 0.29) is 5.97 Å². The number of ether oxygens (including phenoxy) is 2. The molecule has 0 atom stereocenters. The molecule has 1 rings (SSSR count). The number of hydrogen-bond donors (Lipinski definition) is 0. The highest BCUT2D eigenvalue weighted by Crippen LogP contribution is 2.27. The Morgan fingerprint density at radius 3 is 2.50 bits per heavy atom. The number of rotatable bonds is 2. The summed E-state index contributed by atoms with van der Waals surface area (Å²) in [5.41, 5.74) is 1.29. The maximum absolute atomic E-state index is 11.4. The van der Waals surface area contributed by atoms with Gasteiger partial charge in [-0.25, -0.2) is 4.79 Å². The van der Waals surface area contributed by atoms with Crippen molar-refractivity contribution in [2.45, 2.75) is 6.92 Å². The van der Waals surface area contributed by atoms with E-state index in [2.05, 4.69) is 20.7 Å². The highest BCUT2D eigenvalue weighted by atomic mass is 79.9. The van der Waals surface area contributed by atoms with Gasteiger partial charge in [0.15, 0.2) is 0 Å². The molecule has 0 unspecified atom stereocenters. The predicted octanol–water partition coefficient (Wildman–Crippen LogP) is 2.55. The summed E-state index contributed by atoms with van der Waals surface area (Å²) in [6.07, 6.45) is 0. The average molecular weight is 259 g/mol. The second kappa shape index (κ2) is 4.46. The summed E-state index contributed by atoms with van der Waals surface area (Å²) in [7, 11) is 2.92. The fraction of sp³-hybridized carbons (Fsp3) is 0.300. The van der Waals surface area contributed by atoms with E-state index in [0.29, 0.717) is 11.3 Å². The molecule has 0 saturated heterocycles. The first-order valence-electron chi connectivity index (χ1n) is 4.02. The molecule has 0 saturated carbocycles. The molecule has 0 radical (unpaired) electrons. The Bertz CT molecular complexity index is 361. The van der Waals surface area contributed by atoms with Crippen LogP contribution in [0.3, 0.4) is 0 Å². The summed E-state index contributed by atoms with van der Waals surface area (Å²) < 4.78 is 10.6. The van der Waals surface area contributed by atoms with Gasteiger partial charge in [0.05, 0.1) is 19.8 Å². The van der Waals surface area contributed by atoms with Crippen LogP contribution < -0.4 is 4.74 Å². The smallest absolute Gasteiger partial charge is 0.338 e. The van der Waals surface area contributed by atoms with Gasteiger partial charge in [0, 0.05) is 10.0 Å². The first-order chi connectivity index (χ1) is 6.60. The van der Waals surface area contributed by atoms with Crippen LogP contribution in [-0.2, 0) is 4.74 Å². The molecule has 0 spiro atoms. The van der Waals surface area contributed by atoms with Crippen LogP contribution in [0.1, 0.15) is 15.9 Å². The molecule has 0 N–H and O–H groups in total. The van der Waals surface area contributed by atoms with Gasteiger partial charge < -0.3 is 9.47 Å². The van der Waals surface area contributed by atoms with Gasteiger partial charge in [-0.05, 0) is 19.1 Å². The molecule has 0 heterocycles. The van der Waals surface area contributed by atoms with Crippen molar-refractivity contribution in [1.82, 2.24) is 0 Å². The first-order valence-corrected chi connectivity index (χ1v) is 4.82. The van der Waals surface area contributed by atoms with Crippen LogP contribution in [0.5, 0.6) is 5.75 Å². The van der Waals surface area contributed by atoms with Gasteiger partial charge in [-0.1, -0.05) is 15.9 Å². The molecule has 14 heavy (non-hydrogen) atoms. The molecule has 0 aromatic heterocycles. The van der Waals surface area contributed by atoms with Crippen LogP contribution in [0.4, 0.5) is 0 Å². The topological polar surface area (TPSA) is 35.5 Å². The Kier molecular flexibility index (Phi) is 3.52. The van der Waals surface area contributed by atoms with Crippen molar-refractivity contribution in [2.24, 2.45) is 0 Å².